The molecule has 0 amide bonds. The van der Waals surface area contributed by atoms with E-state index in [1.807, 2.05) is 23.4 Å². The standard InChI is InChI=1S/C12H11Cl2NOS2/c1-15(6-8-3-2-4-17-8)7-10(16)9-5-11(13)18-12(9)14/h2-5H,6-7H2,1H3. The SMILES string of the molecule is CN(CC(=O)c1cc(Cl)sc1Cl)Cc1cccs1. The smallest absolute Gasteiger partial charge is 0.179 e. The number of thiophene rings is 2. The van der Waals surface area contributed by atoms with Gasteiger partial charge in [0.05, 0.1) is 16.4 Å². The van der Waals surface area contributed by atoms with Crippen molar-refractivity contribution in [2.75, 3.05) is 13.6 Å². The van der Waals surface area contributed by atoms with Crippen molar-refractivity contribution in [3.8, 4) is 0 Å². The van der Waals surface area contributed by atoms with Crippen LogP contribution in [0.5, 0.6) is 0 Å². The molecule has 0 radical (unpaired) electrons. The number of carbonyl (C=O) groups excluding carboxylic acids is 1. The fraction of sp³-hybridized carbons (Fsp3) is 0.250. The zero-order valence-corrected chi connectivity index (χ0v) is 12.8. The lowest BCUT2D eigenvalue weighted by Gasteiger charge is -2.14. The molecule has 0 saturated carbocycles. The molecular weight excluding hydrogens is 309 g/mol. The van der Waals surface area contributed by atoms with Gasteiger partial charge < -0.3 is 0 Å². The normalized spacial score (nSPS) is 11.1. The van der Waals surface area contributed by atoms with E-state index in [0.717, 1.165) is 6.54 Å². The fourth-order valence-corrected chi connectivity index (χ4v) is 3.87. The van der Waals surface area contributed by atoms with Crippen LogP contribution in [-0.2, 0) is 6.54 Å². The third-order valence-corrected chi connectivity index (χ3v) is 4.73. The Balaban J connectivity index is 1.97. The van der Waals surface area contributed by atoms with Crippen molar-refractivity contribution in [1.82, 2.24) is 4.90 Å². The molecule has 0 aliphatic carbocycles. The number of nitrogens with zero attached hydrogens (tertiary/aromatic N) is 1. The Morgan fingerprint density at radius 2 is 2.22 bits per heavy atom. The van der Waals surface area contributed by atoms with Crippen molar-refractivity contribution >= 4 is 51.7 Å². The lowest BCUT2D eigenvalue weighted by Crippen LogP contribution is -2.25. The molecule has 0 bridgehead atoms. The summed E-state index contributed by atoms with van der Waals surface area (Å²) in [5.74, 6) is 0.00204. The molecular formula is C12H11Cl2NOS2. The number of carbonyl (C=O) groups is 1. The second-order valence-corrected chi connectivity index (χ2v) is 7.23. The first-order chi connectivity index (χ1) is 8.56. The summed E-state index contributed by atoms with van der Waals surface area (Å²) in [4.78, 5) is 15.2. The summed E-state index contributed by atoms with van der Waals surface area (Å²) >= 11 is 14.7. The molecule has 0 spiro atoms. The Hall–Kier alpha value is -0.390. The molecule has 2 aromatic rings. The summed E-state index contributed by atoms with van der Waals surface area (Å²) in [6, 6.07) is 5.70. The van der Waals surface area contributed by atoms with Gasteiger partial charge in [0.25, 0.3) is 0 Å². The number of Topliss-reactive ketones (excluding diaryl/α,β-unsaturated/α-hetero) is 1. The van der Waals surface area contributed by atoms with E-state index in [4.69, 9.17) is 23.2 Å². The van der Waals surface area contributed by atoms with Crippen molar-refractivity contribution in [1.29, 1.82) is 0 Å². The summed E-state index contributed by atoms with van der Waals surface area (Å²) in [6.45, 7) is 1.10. The van der Waals surface area contributed by atoms with Gasteiger partial charge in [-0.2, -0.15) is 0 Å². The summed E-state index contributed by atoms with van der Waals surface area (Å²) in [5, 5.41) is 2.03. The van der Waals surface area contributed by atoms with Crippen LogP contribution < -0.4 is 0 Å². The molecule has 0 aliphatic heterocycles. The van der Waals surface area contributed by atoms with E-state index in [2.05, 4.69) is 6.07 Å². The second-order valence-electron chi connectivity index (χ2n) is 3.91. The largest absolute Gasteiger partial charge is 0.294 e. The summed E-state index contributed by atoms with van der Waals surface area (Å²) < 4.78 is 1.01. The van der Waals surface area contributed by atoms with Gasteiger partial charge in [-0.25, -0.2) is 0 Å². The van der Waals surface area contributed by atoms with Crippen LogP contribution >= 0.6 is 45.9 Å². The maximum Gasteiger partial charge on any atom is 0.179 e. The minimum absolute atomic E-state index is 0.00204. The van der Waals surface area contributed by atoms with Gasteiger partial charge in [0, 0.05) is 11.4 Å². The Kier molecular flexibility index (Phi) is 4.81. The highest BCUT2D eigenvalue weighted by Crippen LogP contribution is 2.31. The maximum atomic E-state index is 12.0. The molecule has 0 N–H and O–H groups in total. The number of rotatable bonds is 5. The van der Waals surface area contributed by atoms with Crippen LogP contribution in [0, 0.1) is 0 Å². The van der Waals surface area contributed by atoms with Crippen LogP contribution in [0.3, 0.4) is 0 Å². The Morgan fingerprint density at radius 1 is 1.44 bits per heavy atom. The minimum atomic E-state index is 0.00204. The van der Waals surface area contributed by atoms with Crippen molar-refractivity contribution in [3.63, 3.8) is 0 Å². The van der Waals surface area contributed by atoms with Crippen molar-refractivity contribution in [2.45, 2.75) is 6.54 Å². The molecule has 0 fully saturated rings. The molecule has 0 unspecified atom stereocenters. The van der Waals surface area contributed by atoms with E-state index in [1.54, 1.807) is 17.4 Å². The van der Waals surface area contributed by atoms with E-state index >= 15 is 0 Å². The first-order valence-electron chi connectivity index (χ1n) is 5.25. The average molecular weight is 320 g/mol. The molecule has 0 aromatic carbocycles. The molecule has 0 saturated heterocycles. The molecule has 0 aliphatic rings. The van der Waals surface area contributed by atoms with Gasteiger partial charge >= 0.3 is 0 Å². The Bertz CT molecular complexity index is 536. The van der Waals surface area contributed by atoms with Crippen molar-refractivity contribution in [3.05, 3.63) is 42.7 Å². The first kappa shape index (κ1) is 14.0. The van der Waals surface area contributed by atoms with Crippen LogP contribution in [0.1, 0.15) is 15.2 Å². The van der Waals surface area contributed by atoms with Crippen LogP contribution in [0.25, 0.3) is 0 Å². The lowest BCUT2D eigenvalue weighted by molar-refractivity contribution is 0.0944. The first-order valence-corrected chi connectivity index (χ1v) is 7.70. The minimum Gasteiger partial charge on any atom is -0.294 e. The number of ketones is 1. The van der Waals surface area contributed by atoms with E-state index in [1.165, 1.54) is 16.2 Å². The molecule has 18 heavy (non-hydrogen) atoms. The third-order valence-electron chi connectivity index (χ3n) is 2.38. The molecule has 6 heteroatoms. The molecule has 2 aromatic heterocycles. The van der Waals surface area contributed by atoms with E-state index in [9.17, 15) is 4.79 Å². The van der Waals surface area contributed by atoms with E-state index < -0.39 is 0 Å². The number of hydrogen-bond donors (Lipinski definition) is 0. The van der Waals surface area contributed by atoms with E-state index in [-0.39, 0.29) is 5.78 Å². The van der Waals surface area contributed by atoms with Crippen LogP contribution in [0.4, 0.5) is 0 Å². The summed E-state index contributed by atoms with van der Waals surface area (Å²) in [7, 11) is 1.92. The summed E-state index contributed by atoms with van der Waals surface area (Å²) in [6.07, 6.45) is 0. The Morgan fingerprint density at radius 3 is 2.78 bits per heavy atom. The van der Waals surface area contributed by atoms with Gasteiger partial charge in [0.2, 0.25) is 0 Å². The predicted molar refractivity (Wildman–Crippen MR) is 79.3 cm³/mol. The van der Waals surface area contributed by atoms with E-state index in [0.29, 0.717) is 20.8 Å². The maximum absolute atomic E-state index is 12.0. The highest BCUT2D eigenvalue weighted by atomic mass is 35.5. The molecule has 2 nitrogen and oxygen atoms in total. The van der Waals surface area contributed by atoms with Crippen LogP contribution in [-0.4, -0.2) is 24.3 Å². The van der Waals surface area contributed by atoms with Gasteiger partial charge in [-0.3, -0.25) is 9.69 Å². The van der Waals surface area contributed by atoms with Crippen molar-refractivity contribution in [2.24, 2.45) is 0 Å². The lowest BCUT2D eigenvalue weighted by atomic mass is 10.2. The zero-order valence-electron chi connectivity index (χ0n) is 9.65. The number of hydrogen-bond acceptors (Lipinski definition) is 4. The van der Waals surface area contributed by atoms with Gasteiger partial charge in [-0.1, -0.05) is 29.3 Å². The fourth-order valence-electron chi connectivity index (χ4n) is 1.59. The van der Waals surface area contributed by atoms with Crippen LogP contribution in [0.2, 0.25) is 8.67 Å². The molecule has 96 valence electrons. The van der Waals surface area contributed by atoms with Gasteiger partial charge in [0.1, 0.15) is 4.34 Å². The average Bonchev–Trinajstić information content (AvgIpc) is 2.88. The molecule has 2 rings (SSSR count). The monoisotopic (exact) mass is 319 g/mol. The predicted octanol–water partition coefficient (Wildman–Crippen LogP) is 4.43. The number of likely N-dealkylation sites (N-methyl/N-ethyl adjacent to an activating group) is 1. The highest BCUT2D eigenvalue weighted by Gasteiger charge is 2.16. The molecule has 2 heterocycles. The topological polar surface area (TPSA) is 20.3 Å². The Labute approximate surface area is 124 Å². The second kappa shape index (κ2) is 6.17. The third kappa shape index (κ3) is 3.56. The van der Waals surface area contributed by atoms with Gasteiger partial charge in [-0.05, 0) is 24.6 Å². The quantitative estimate of drug-likeness (QED) is 0.760. The van der Waals surface area contributed by atoms with Gasteiger partial charge in [0.15, 0.2) is 5.78 Å². The zero-order chi connectivity index (χ0) is 13.1. The van der Waals surface area contributed by atoms with Crippen molar-refractivity contribution < 1.29 is 4.79 Å². The molecule has 0 atom stereocenters. The number of halogens is 2. The summed E-state index contributed by atoms with van der Waals surface area (Å²) in [5.41, 5.74) is 0.518. The highest BCUT2D eigenvalue weighted by molar-refractivity contribution is 7.20. The van der Waals surface area contributed by atoms with Crippen LogP contribution in [0.15, 0.2) is 23.6 Å². The van der Waals surface area contributed by atoms with Gasteiger partial charge in [-0.15, -0.1) is 22.7 Å².